The fourth-order valence-corrected chi connectivity index (χ4v) is 3.10. The molecule has 102 valence electrons. The lowest BCUT2D eigenvalue weighted by molar-refractivity contribution is -0.146. The molecule has 0 heterocycles. The Hall–Kier alpha value is -1.80. The standard InChI is InChI=1S/C17H15ClO2/c1-11(19)20-17-10-15(12-5-3-2-4-6-12)14-8-7-13(18)9-16(14)17/h2-9,15,17H,10H2,1H3/t15?,17-/m1/s1. The summed E-state index contributed by atoms with van der Waals surface area (Å²) >= 11 is 6.08. The molecule has 20 heavy (non-hydrogen) atoms. The first-order valence-corrected chi connectivity index (χ1v) is 7.04. The van der Waals surface area contributed by atoms with E-state index < -0.39 is 0 Å². The molecule has 1 unspecified atom stereocenters. The SMILES string of the molecule is CC(=O)O[C@@H]1CC(c2ccccc2)c2ccc(Cl)cc21. The maximum Gasteiger partial charge on any atom is 0.303 e. The van der Waals surface area contributed by atoms with Crippen LogP contribution in [0.5, 0.6) is 0 Å². The minimum atomic E-state index is -0.255. The average Bonchev–Trinajstić information content (AvgIpc) is 2.77. The molecule has 0 amide bonds. The van der Waals surface area contributed by atoms with Gasteiger partial charge in [-0.3, -0.25) is 4.79 Å². The molecule has 2 aromatic carbocycles. The molecule has 2 atom stereocenters. The molecule has 0 bridgehead atoms. The van der Waals surface area contributed by atoms with Crippen molar-refractivity contribution < 1.29 is 9.53 Å². The van der Waals surface area contributed by atoms with E-state index in [9.17, 15) is 4.79 Å². The van der Waals surface area contributed by atoms with Crippen LogP contribution in [0.15, 0.2) is 48.5 Å². The van der Waals surface area contributed by atoms with Gasteiger partial charge in [-0.1, -0.05) is 48.0 Å². The Labute approximate surface area is 123 Å². The lowest BCUT2D eigenvalue weighted by Gasteiger charge is -2.12. The van der Waals surface area contributed by atoms with Crippen molar-refractivity contribution in [1.82, 2.24) is 0 Å². The Morgan fingerprint density at radius 2 is 1.90 bits per heavy atom. The number of fused-ring (bicyclic) bond motifs is 1. The van der Waals surface area contributed by atoms with Crippen molar-refractivity contribution in [2.45, 2.75) is 25.4 Å². The number of carbonyl (C=O) groups is 1. The second-order valence-electron chi connectivity index (χ2n) is 5.07. The Kier molecular flexibility index (Phi) is 3.49. The van der Waals surface area contributed by atoms with Crippen molar-refractivity contribution >= 4 is 17.6 Å². The Bertz CT molecular complexity index is 637. The zero-order chi connectivity index (χ0) is 14.1. The summed E-state index contributed by atoms with van der Waals surface area (Å²) in [7, 11) is 0. The van der Waals surface area contributed by atoms with Crippen molar-refractivity contribution in [3.8, 4) is 0 Å². The topological polar surface area (TPSA) is 26.3 Å². The van der Waals surface area contributed by atoms with Crippen LogP contribution in [0.1, 0.15) is 42.1 Å². The molecule has 3 heteroatoms. The second-order valence-corrected chi connectivity index (χ2v) is 5.51. The molecule has 0 saturated heterocycles. The third-order valence-electron chi connectivity index (χ3n) is 3.73. The summed E-state index contributed by atoms with van der Waals surface area (Å²) in [5, 5.41) is 0.676. The summed E-state index contributed by atoms with van der Waals surface area (Å²) in [5.74, 6) is 0.00227. The van der Waals surface area contributed by atoms with E-state index in [-0.39, 0.29) is 18.0 Å². The van der Waals surface area contributed by atoms with E-state index in [0.29, 0.717) is 5.02 Å². The molecule has 0 N–H and O–H groups in total. The van der Waals surface area contributed by atoms with Crippen LogP contribution >= 0.6 is 11.6 Å². The van der Waals surface area contributed by atoms with Crippen molar-refractivity contribution in [1.29, 1.82) is 0 Å². The third-order valence-corrected chi connectivity index (χ3v) is 3.97. The smallest absolute Gasteiger partial charge is 0.303 e. The van der Waals surface area contributed by atoms with Crippen LogP contribution < -0.4 is 0 Å². The van der Waals surface area contributed by atoms with Gasteiger partial charge in [0.05, 0.1) is 0 Å². The molecule has 0 aliphatic heterocycles. The van der Waals surface area contributed by atoms with Crippen molar-refractivity contribution in [3.05, 3.63) is 70.2 Å². The third kappa shape index (κ3) is 2.44. The summed E-state index contributed by atoms with van der Waals surface area (Å²) in [5.41, 5.74) is 3.47. The van der Waals surface area contributed by atoms with Crippen LogP contribution in [0.25, 0.3) is 0 Å². The van der Waals surface area contributed by atoms with Crippen molar-refractivity contribution in [2.75, 3.05) is 0 Å². The summed E-state index contributed by atoms with van der Waals surface area (Å²) in [6, 6.07) is 16.1. The molecule has 0 radical (unpaired) electrons. The van der Waals surface area contributed by atoms with Crippen LogP contribution in [0, 0.1) is 0 Å². The number of benzene rings is 2. The monoisotopic (exact) mass is 286 g/mol. The zero-order valence-corrected chi connectivity index (χ0v) is 11.9. The molecule has 2 aromatic rings. The van der Waals surface area contributed by atoms with Gasteiger partial charge >= 0.3 is 5.97 Å². The minimum Gasteiger partial charge on any atom is -0.458 e. The van der Waals surface area contributed by atoms with Gasteiger partial charge < -0.3 is 4.74 Å². The second kappa shape index (κ2) is 5.29. The molecular weight excluding hydrogens is 272 g/mol. The summed E-state index contributed by atoms with van der Waals surface area (Å²) in [4.78, 5) is 11.3. The first-order chi connectivity index (χ1) is 9.65. The molecule has 1 aliphatic carbocycles. The number of ether oxygens (including phenoxy) is 1. The van der Waals surface area contributed by atoms with Crippen LogP contribution in [0.4, 0.5) is 0 Å². The van der Waals surface area contributed by atoms with Crippen LogP contribution in [0.3, 0.4) is 0 Å². The molecular formula is C17H15ClO2. The van der Waals surface area contributed by atoms with Gasteiger partial charge in [0.1, 0.15) is 6.10 Å². The van der Waals surface area contributed by atoms with Gasteiger partial charge in [0.2, 0.25) is 0 Å². The largest absolute Gasteiger partial charge is 0.458 e. The molecule has 1 aliphatic rings. The molecule has 0 fully saturated rings. The number of carbonyl (C=O) groups excluding carboxylic acids is 1. The Morgan fingerprint density at radius 1 is 1.15 bits per heavy atom. The van der Waals surface area contributed by atoms with Gasteiger partial charge in [-0.2, -0.15) is 0 Å². The van der Waals surface area contributed by atoms with E-state index in [4.69, 9.17) is 16.3 Å². The maximum absolute atomic E-state index is 11.3. The molecule has 0 spiro atoms. The number of hydrogen-bond donors (Lipinski definition) is 0. The van der Waals surface area contributed by atoms with Crippen LogP contribution in [-0.4, -0.2) is 5.97 Å². The highest BCUT2D eigenvalue weighted by Crippen LogP contribution is 2.46. The first-order valence-electron chi connectivity index (χ1n) is 6.66. The molecule has 0 aromatic heterocycles. The number of halogens is 1. The minimum absolute atomic E-state index is 0.202. The maximum atomic E-state index is 11.3. The highest BCUT2D eigenvalue weighted by atomic mass is 35.5. The van der Waals surface area contributed by atoms with E-state index in [1.807, 2.05) is 36.4 Å². The first kappa shape index (κ1) is 13.2. The highest BCUT2D eigenvalue weighted by molar-refractivity contribution is 6.30. The van der Waals surface area contributed by atoms with E-state index >= 15 is 0 Å². The van der Waals surface area contributed by atoms with Gasteiger partial charge in [-0.15, -0.1) is 0 Å². The number of esters is 1. The fraction of sp³-hybridized carbons (Fsp3) is 0.235. The predicted molar refractivity (Wildman–Crippen MR) is 78.9 cm³/mol. The van der Waals surface area contributed by atoms with Gasteiger partial charge in [0.15, 0.2) is 0 Å². The number of hydrogen-bond acceptors (Lipinski definition) is 2. The van der Waals surface area contributed by atoms with Gasteiger partial charge in [-0.05, 0) is 35.2 Å². The summed E-state index contributed by atoms with van der Waals surface area (Å²) in [6.45, 7) is 1.44. The zero-order valence-electron chi connectivity index (χ0n) is 11.2. The van der Waals surface area contributed by atoms with Crippen molar-refractivity contribution in [2.24, 2.45) is 0 Å². The lowest BCUT2D eigenvalue weighted by Crippen LogP contribution is -2.05. The Balaban J connectivity index is 2.02. The molecule has 3 rings (SSSR count). The quantitative estimate of drug-likeness (QED) is 0.761. The van der Waals surface area contributed by atoms with Crippen molar-refractivity contribution in [3.63, 3.8) is 0 Å². The van der Waals surface area contributed by atoms with Crippen LogP contribution in [0.2, 0.25) is 5.02 Å². The predicted octanol–water partition coefficient (Wildman–Crippen LogP) is 4.48. The van der Waals surface area contributed by atoms with Gasteiger partial charge in [0, 0.05) is 17.9 Å². The van der Waals surface area contributed by atoms with Gasteiger partial charge in [0.25, 0.3) is 0 Å². The van der Waals surface area contributed by atoms with E-state index in [1.165, 1.54) is 18.1 Å². The summed E-state index contributed by atoms with van der Waals surface area (Å²) in [6.07, 6.45) is 0.575. The van der Waals surface area contributed by atoms with Crippen LogP contribution in [-0.2, 0) is 9.53 Å². The van der Waals surface area contributed by atoms with E-state index in [2.05, 4.69) is 12.1 Å². The van der Waals surface area contributed by atoms with Gasteiger partial charge in [-0.25, -0.2) is 0 Å². The van der Waals surface area contributed by atoms with E-state index in [1.54, 1.807) is 0 Å². The lowest BCUT2D eigenvalue weighted by atomic mass is 9.93. The van der Waals surface area contributed by atoms with E-state index in [0.717, 1.165) is 12.0 Å². The summed E-state index contributed by atoms with van der Waals surface area (Å²) < 4.78 is 5.45. The normalized spacial score (nSPS) is 20.5. The Morgan fingerprint density at radius 3 is 2.60 bits per heavy atom. The average molecular weight is 287 g/mol. The fourth-order valence-electron chi connectivity index (χ4n) is 2.92. The molecule has 2 nitrogen and oxygen atoms in total. The highest BCUT2D eigenvalue weighted by Gasteiger charge is 2.33. The molecule has 0 saturated carbocycles. The number of rotatable bonds is 2.